The van der Waals surface area contributed by atoms with Gasteiger partial charge in [0.05, 0.1) is 5.92 Å². The van der Waals surface area contributed by atoms with E-state index in [9.17, 15) is 4.79 Å². The topological polar surface area (TPSA) is 26.3 Å². The van der Waals surface area contributed by atoms with Crippen LogP contribution in [-0.4, -0.2) is 12.1 Å². The summed E-state index contributed by atoms with van der Waals surface area (Å²) in [4.78, 5) is 10.6. The normalized spacial score (nSPS) is 42.8. The van der Waals surface area contributed by atoms with Crippen LogP contribution in [0.3, 0.4) is 0 Å². The Bertz CT molecular complexity index is 130. The molecule has 1 saturated carbocycles. The van der Waals surface area contributed by atoms with E-state index in [-0.39, 0.29) is 11.9 Å². The Kier molecular flexibility index (Phi) is 0.678. The second kappa shape index (κ2) is 1.24. The number of esters is 1. The summed E-state index contributed by atoms with van der Waals surface area (Å²) in [7, 11) is 0. The summed E-state index contributed by atoms with van der Waals surface area (Å²) < 4.78 is 4.92. The van der Waals surface area contributed by atoms with Crippen molar-refractivity contribution in [2.24, 2.45) is 5.92 Å². The molecule has 2 bridgehead atoms. The Morgan fingerprint density at radius 1 is 1.50 bits per heavy atom. The van der Waals surface area contributed by atoms with Crippen molar-refractivity contribution in [2.75, 3.05) is 0 Å². The fourth-order valence-electron chi connectivity index (χ4n) is 1.52. The van der Waals surface area contributed by atoms with Gasteiger partial charge in [-0.05, 0) is 19.3 Å². The molecule has 0 N–H and O–H groups in total. The third-order valence-corrected chi connectivity index (χ3v) is 2.00. The number of hydrogen-bond donors (Lipinski definition) is 0. The minimum atomic E-state index is 0.0428. The van der Waals surface area contributed by atoms with Crippen LogP contribution in [0, 0.1) is 5.92 Å². The Morgan fingerprint density at radius 3 is 2.62 bits per heavy atom. The van der Waals surface area contributed by atoms with Gasteiger partial charge in [-0.15, -0.1) is 0 Å². The predicted molar refractivity (Wildman–Crippen MR) is 27.2 cm³/mol. The molecule has 2 nitrogen and oxygen atoms in total. The highest BCUT2D eigenvalue weighted by molar-refractivity contribution is 5.75. The molecular weight excluding hydrogens is 104 g/mol. The molecule has 8 heavy (non-hydrogen) atoms. The zero-order chi connectivity index (χ0) is 5.56. The molecule has 2 rings (SSSR count). The highest BCUT2D eigenvalue weighted by atomic mass is 16.6. The third-order valence-electron chi connectivity index (χ3n) is 2.00. The summed E-state index contributed by atoms with van der Waals surface area (Å²) in [6, 6.07) is 0. The molecule has 0 aromatic rings. The number of rotatable bonds is 0. The monoisotopic (exact) mass is 112 g/mol. The van der Waals surface area contributed by atoms with Crippen molar-refractivity contribution in [1.82, 2.24) is 0 Å². The Morgan fingerprint density at radius 2 is 2.38 bits per heavy atom. The van der Waals surface area contributed by atoms with E-state index in [1.165, 1.54) is 0 Å². The summed E-state index contributed by atoms with van der Waals surface area (Å²) in [6.07, 6.45) is 3.48. The molecule has 0 aromatic carbocycles. The number of carbonyl (C=O) groups excluding carboxylic acids is 1. The predicted octanol–water partition coefficient (Wildman–Crippen LogP) is 0.712. The number of hydrogen-bond acceptors (Lipinski definition) is 2. The van der Waals surface area contributed by atoms with Crippen LogP contribution in [0.5, 0.6) is 0 Å². The minimum Gasteiger partial charge on any atom is -0.462 e. The smallest absolute Gasteiger partial charge is 0.309 e. The van der Waals surface area contributed by atoms with E-state index < -0.39 is 0 Å². The fourth-order valence-corrected chi connectivity index (χ4v) is 1.52. The van der Waals surface area contributed by atoms with Crippen LogP contribution in [0.4, 0.5) is 0 Å². The molecule has 0 spiro atoms. The Hall–Kier alpha value is -0.530. The van der Waals surface area contributed by atoms with Gasteiger partial charge in [-0.25, -0.2) is 0 Å². The SMILES string of the molecule is O=C1O[C@H]2CC[C@H]1C2. The molecule has 1 aliphatic heterocycles. The van der Waals surface area contributed by atoms with Crippen molar-refractivity contribution in [3.63, 3.8) is 0 Å². The van der Waals surface area contributed by atoms with Gasteiger partial charge in [-0.3, -0.25) is 4.79 Å². The van der Waals surface area contributed by atoms with Gasteiger partial charge < -0.3 is 4.74 Å². The van der Waals surface area contributed by atoms with E-state index in [1.807, 2.05) is 0 Å². The summed E-state index contributed by atoms with van der Waals surface area (Å²) in [5.74, 6) is 0.321. The van der Waals surface area contributed by atoms with Crippen molar-refractivity contribution < 1.29 is 9.53 Å². The molecule has 44 valence electrons. The largest absolute Gasteiger partial charge is 0.462 e. The Balaban J connectivity index is 2.22. The van der Waals surface area contributed by atoms with E-state index in [0.717, 1.165) is 19.3 Å². The molecule has 2 atom stereocenters. The third kappa shape index (κ3) is 0.403. The van der Waals surface area contributed by atoms with Crippen LogP contribution in [0.25, 0.3) is 0 Å². The first kappa shape index (κ1) is 4.36. The van der Waals surface area contributed by atoms with E-state index in [2.05, 4.69) is 0 Å². The van der Waals surface area contributed by atoms with Crippen molar-refractivity contribution >= 4 is 5.97 Å². The first-order chi connectivity index (χ1) is 3.86. The second-order valence-corrected chi connectivity index (χ2v) is 2.57. The lowest BCUT2D eigenvalue weighted by atomic mass is 10.1. The molecule has 1 heterocycles. The van der Waals surface area contributed by atoms with Gasteiger partial charge in [0.15, 0.2) is 0 Å². The molecule has 0 amide bonds. The van der Waals surface area contributed by atoms with E-state index >= 15 is 0 Å². The van der Waals surface area contributed by atoms with Gasteiger partial charge in [0.25, 0.3) is 0 Å². The van der Waals surface area contributed by atoms with Gasteiger partial charge in [0.2, 0.25) is 0 Å². The number of ether oxygens (including phenoxy) is 1. The van der Waals surface area contributed by atoms with Crippen LogP contribution < -0.4 is 0 Å². The lowest BCUT2D eigenvalue weighted by Gasteiger charge is -2.07. The van der Waals surface area contributed by atoms with Crippen LogP contribution >= 0.6 is 0 Å². The first-order valence-corrected chi connectivity index (χ1v) is 3.07. The number of fused-ring (bicyclic) bond motifs is 2. The second-order valence-electron chi connectivity index (χ2n) is 2.57. The van der Waals surface area contributed by atoms with Gasteiger partial charge in [0.1, 0.15) is 6.10 Å². The highest BCUT2D eigenvalue weighted by Gasteiger charge is 2.40. The summed E-state index contributed by atoms with van der Waals surface area (Å²) in [6.45, 7) is 0. The van der Waals surface area contributed by atoms with Crippen molar-refractivity contribution in [3.05, 3.63) is 0 Å². The highest BCUT2D eigenvalue weighted by Crippen LogP contribution is 2.35. The maximum atomic E-state index is 10.6. The molecule has 2 heteroatoms. The molecule has 2 aliphatic rings. The minimum absolute atomic E-state index is 0.0428. The van der Waals surface area contributed by atoms with Crippen molar-refractivity contribution in [3.8, 4) is 0 Å². The Labute approximate surface area is 47.8 Å². The van der Waals surface area contributed by atoms with E-state index in [0.29, 0.717) is 6.10 Å². The lowest BCUT2D eigenvalue weighted by molar-refractivity contribution is -0.147. The molecular formula is C6H8O2. The van der Waals surface area contributed by atoms with Crippen LogP contribution in [0.2, 0.25) is 0 Å². The molecule has 0 unspecified atom stereocenters. The van der Waals surface area contributed by atoms with Gasteiger partial charge in [0, 0.05) is 0 Å². The standard InChI is InChI=1S/C6H8O2/c7-6-4-1-2-5(3-4)8-6/h4-5H,1-3H2/t4-,5-/m0/s1. The summed E-state index contributed by atoms with van der Waals surface area (Å²) in [5.41, 5.74) is 0. The summed E-state index contributed by atoms with van der Waals surface area (Å²) >= 11 is 0. The maximum absolute atomic E-state index is 10.6. The molecule has 0 radical (unpaired) electrons. The van der Waals surface area contributed by atoms with Crippen LogP contribution in [0.1, 0.15) is 19.3 Å². The molecule has 0 aromatic heterocycles. The average Bonchev–Trinajstić information content (AvgIpc) is 2.23. The van der Waals surface area contributed by atoms with Crippen LogP contribution in [-0.2, 0) is 9.53 Å². The van der Waals surface area contributed by atoms with Crippen molar-refractivity contribution in [2.45, 2.75) is 25.4 Å². The quantitative estimate of drug-likeness (QED) is 0.431. The first-order valence-electron chi connectivity index (χ1n) is 3.07. The zero-order valence-electron chi connectivity index (χ0n) is 4.59. The lowest BCUT2D eigenvalue weighted by Crippen LogP contribution is -2.13. The van der Waals surface area contributed by atoms with E-state index in [1.54, 1.807) is 0 Å². The van der Waals surface area contributed by atoms with E-state index in [4.69, 9.17) is 4.74 Å². The van der Waals surface area contributed by atoms with Gasteiger partial charge in [-0.1, -0.05) is 0 Å². The van der Waals surface area contributed by atoms with Crippen LogP contribution in [0.15, 0.2) is 0 Å². The zero-order valence-corrected chi connectivity index (χ0v) is 4.59. The van der Waals surface area contributed by atoms with Gasteiger partial charge >= 0.3 is 5.97 Å². The molecule has 1 saturated heterocycles. The number of carbonyl (C=O) groups is 1. The average molecular weight is 112 g/mol. The maximum Gasteiger partial charge on any atom is 0.309 e. The molecule has 1 aliphatic carbocycles. The van der Waals surface area contributed by atoms with Crippen molar-refractivity contribution in [1.29, 1.82) is 0 Å². The summed E-state index contributed by atoms with van der Waals surface area (Å²) in [5, 5.41) is 0. The fraction of sp³-hybridized carbons (Fsp3) is 0.833. The van der Waals surface area contributed by atoms with Gasteiger partial charge in [-0.2, -0.15) is 0 Å². The molecule has 2 fully saturated rings.